The Morgan fingerprint density at radius 1 is 1.23 bits per heavy atom. The number of nitrogens with one attached hydrogen (secondary N) is 1. The van der Waals surface area contributed by atoms with E-state index in [0.717, 1.165) is 25.3 Å². The van der Waals surface area contributed by atoms with Crippen molar-refractivity contribution in [2.24, 2.45) is 10.9 Å². The lowest BCUT2D eigenvalue weighted by Gasteiger charge is -2.43. The molecule has 2 nitrogen and oxygen atoms in total. The van der Waals surface area contributed by atoms with Gasteiger partial charge in [0.2, 0.25) is 0 Å². The molecular formula is C18H22ClFN2. The summed E-state index contributed by atoms with van der Waals surface area (Å²) in [5, 5.41) is 3.78. The van der Waals surface area contributed by atoms with Gasteiger partial charge in [0, 0.05) is 11.8 Å². The molecule has 4 heteroatoms. The van der Waals surface area contributed by atoms with Crippen molar-refractivity contribution in [2.45, 2.75) is 43.7 Å². The largest absolute Gasteiger partial charge is 0.307 e. The normalized spacial score (nSPS) is 32.7. The van der Waals surface area contributed by atoms with E-state index in [1.54, 1.807) is 12.1 Å². The van der Waals surface area contributed by atoms with Crippen LogP contribution in [0.1, 0.15) is 31.2 Å². The second-order valence-corrected chi connectivity index (χ2v) is 6.59. The first kappa shape index (κ1) is 15.7. The number of allylic oxidation sites excluding steroid dienone is 1. The third-order valence-electron chi connectivity index (χ3n) is 5.39. The van der Waals surface area contributed by atoms with Crippen LogP contribution in [-0.2, 0) is 6.42 Å². The Morgan fingerprint density at radius 3 is 2.86 bits per heavy atom. The topological polar surface area (TPSA) is 24.4 Å². The second-order valence-electron chi connectivity index (χ2n) is 6.59. The molecule has 2 heterocycles. The summed E-state index contributed by atoms with van der Waals surface area (Å²) in [5.41, 5.74) is 2.75. The molecule has 2 aliphatic heterocycles. The predicted octanol–water partition coefficient (Wildman–Crippen LogP) is 3.70. The van der Waals surface area contributed by atoms with Crippen LogP contribution in [0.2, 0.25) is 0 Å². The van der Waals surface area contributed by atoms with Crippen LogP contribution in [0.3, 0.4) is 0 Å². The van der Waals surface area contributed by atoms with Crippen LogP contribution in [-0.4, -0.2) is 24.3 Å². The minimum atomic E-state index is -0.167. The molecule has 1 spiro atoms. The maximum absolute atomic E-state index is 13.0. The van der Waals surface area contributed by atoms with E-state index in [2.05, 4.69) is 17.6 Å². The van der Waals surface area contributed by atoms with Crippen LogP contribution >= 0.6 is 12.4 Å². The van der Waals surface area contributed by atoms with Gasteiger partial charge in [-0.1, -0.05) is 18.2 Å². The molecule has 1 aromatic rings. The molecule has 0 amide bonds. The van der Waals surface area contributed by atoms with E-state index in [9.17, 15) is 4.39 Å². The minimum absolute atomic E-state index is 0. The number of benzene rings is 1. The lowest BCUT2D eigenvalue weighted by Crippen LogP contribution is -2.52. The quantitative estimate of drug-likeness (QED) is 0.882. The lowest BCUT2D eigenvalue weighted by atomic mass is 9.68. The average molecular weight is 321 g/mol. The molecule has 0 radical (unpaired) electrons. The first-order valence-corrected chi connectivity index (χ1v) is 7.99. The Bertz CT molecular complexity index is 596. The zero-order valence-corrected chi connectivity index (χ0v) is 13.4. The van der Waals surface area contributed by atoms with Crippen LogP contribution in [0.25, 0.3) is 0 Å². The van der Waals surface area contributed by atoms with Gasteiger partial charge in [0.15, 0.2) is 0 Å². The van der Waals surface area contributed by atoms with Gasteiger partial charge in [-0.2, -0.15) is 0 Å². The molecular weight excluding hydrogens is 299 g/mol. The summed E-state index contributed by atoms with van der Waals surface area (Å²) in [5.74, 6) is 0.597. The molecule has 4 rings (SSSR count). The molecule has 3 atom stereocenters. The highest BCUT2D eigenvalue weighted by atomic mass is 35.5. The van der Waals surface area contributed by atoms with Crippen molar-refractivity contribution in [3.05, 3.63) is 47.3 Å². The van der Waals surface area contributed by atoms with E-state index in [1.807, 2.05) is 12.1 Å². The molecule has 1 aromatic carbocycles. The smallest absolute Gasteiger partial charge is 0.123 e. The van der Waals surface area contributed by atoms with Crippen molar-refractivity contribution >= 4 is 18.6 Å². The van der Waals surface area contributed by atoms with Gasteiger partial charge in [0.05, 0.1) is 6.04 Å². The van der Waals surface area contributed by atoms with E-state index in [4.69, 9.17) is 4.99 Å². The SMILES string of the molecule is Cl.Fc1ccc(CC2CC34NCCC3CCC=C4C=N2)cc1. The number of rotatable bonds is 2. The Morgan fingerprint density at radius 2 is 2.05 bits per heavy atom. The molecule has 1 fully saturated rings. The fourth-order valence-corrected chi connectivity index (χ4v) is 4.36. The van der Waals surface area contributed by atoms with E-state index in [-0.39, 0.29) is 23.8 Å². The Hall–Kier alpha value is -1.19. The number of aliphatic imine (C=N–C) groups is 1. The van der Waals surface area contributed by atoms with E-state index < -0.39 is 0 Å². The van der Waals surface area contributed by atoms with E-state index >= 15 is 0 Å². The maximum atomic E-state index is 13.0. The van der Waals surface area contributed by atoms with Crippen LogP contribution in [0.15, 0.2) is 40.9 Å². The molecule has 3 unspecified atom stereocenters. The summed E-state index contributed by atoms with van der Waals surface area (Å²) in [7, 11) is 0. The van der Waals surface area contributed by atoms with Crippen molar-refractivity contribution in [1.82, 2.24) is 5.32 Å². The first-order chi connectivity index (χ1) is 10.3. The molecule has 1 aliphatic carbocycles. The Kier molecular flexibility index (Phi) is 4.37. The van der Waals surface area contributed by atoms with Crippen LogP contribution < -0.4 is 5.32 Å². The van der Waals surface area contributed by atoms with Crippen LogP contribution in [0.4, 0.5) is 4.39 Å². The first-order valence-electron chi connectivity index (χ1n) is 7.99. The van der Waals surface area contributed by atoms with Crippen molar-refractivity contribution in [3.63, 3.8) is 0 Å². The molecule has 118 valence electrons. The van der Waals surface area contributed by atoms with Crippen molar-refractivity contribution < 1.29 is 4.39 Å². The molecule has 3 aliphatic rings. The standard InChI is InChI=1S/C18H21FN2.ClH/c19-16-6-4-13(5-7-16)10-17-11-18-14(8-9-21-18)2-1-3-15(18)12-20-17;/h3-7,12,14,17,21H,1-2,8-11H2;1H. The minimum Gasteiger partial charge on any atom is -0.307 e. The monoisotopic (exact) mass is 320 g/mol. The molecule has 0 aromatic heterocycles. The molecule has 1 saturated heterocycles. The van der Waals surface area contributed by atoms with Gasteiger partial charge in [-0.25, -0.2) is 4.39 Å². The van der Waals surface area contributed by atoms with Crippen molar-refractivity contribution in [1.29, 1.82) is 0 Å². The molecule has 0 saturated carbocycles. The van der Waals surface area contributed by atoms with Gasteiger partial charge in [-0.05, 0) is 67.8 Å². The fraction of sp³-hybridized carbons (Fsp3) is 0.500. The summed E-state index contributed by atoms with van der Waals surface area (Å²) in [4.78, 5) is 4.76. The number of hydrogen-bond acceptors (Lipinski definition) is 2. The van der Waals surface area contributed by atoms with Gasteiger partial charge in [-0.3, -0.25) is 4.99 Å². The molecule has 0 bridgehead atoms. The second kappa shape index (κ2) is 6.13. The van der Waals surface area contributed by atoms with Gasteiger partial charge in [-0.15, -0.1) is 12.4 Å². The molecule has 22 heavy (non-hydrogen) atoms. The predicted molar refractivity (Wildman–Crippen MR) is 90.4 cm³/mol. The summed E-state index contributed by atoms with van der Waals surface area (Å²) in [6.45, 7) is 1.12. The van der Waals surface area contributed by atoms with Crippen molar-refractivity contribution in [3.8, 4) is 0 Å². The zero-order valence-electron chi connectivity index (χ0n) is 12.6. The van der Waals surface area contributed by atoms with E-state index in [1.165, 1.54) is 30.4 Å². The number of halogens is 2. The van der Waals surface area contributed by atoms with Gasteiger partial charge in [0.1, 0.15) is 5.82 Å². The maximum Gasteiger partial charge on any atom is 0.123 e. The molecule has 1 N–H and O–H groups in total. The van der Waals surface area contributed by atoms with Gasteiger partial charge < -0.3 is 5.32 Å². The van der Waals surface area contributed by atoms with Gasteiger partial charge >= 0.3 is 0 Å². The highest BCUT2D eigenvalue weighted by Crippen LogP contribution is 2.45. The summed E-state index contributed by atoms with van der Waals surface area (Å²) >= 11 is 0. The summed E-state index contributed by atoms with van der Waals surface area (Å²) in [6.07, 6.45) is 10.2. The summed E-state index contributed by atoms with van der Waals surface area (Å²) < 4.78 is 13.0. The highest BCUT2D eigenvalue weighted by Gasteiger charge is 2.48. The van der Waals surface area contributed by atoms with Crippen molar-refractivity contribution in [2.75, 3.05) is 6.54 Å². The van der Waals surface area contributed by atoms with E-state index in [0.29, 0.717) is 6.04 Å². The average Bonchev–Trinajstić information content (AvgIpc) is 2.91. The zero-order chi connectivity index (χ0) is 14.3. The summed E-state index contributed by atoms with van der Waals surface area (Å²) in [6, 6.07) is 7.16. The van der Waals surface area contributed by atoms with Crippen LogP contribution in [0, 0.1) is 11.7 Å². The number of nitrogens with zero attached hydrogens (tertiary/aromatic N) is 1. The van der Waals surface area contributed by atoms with Crippen LogP contribution in [0.5, 0.6) is 0 Å². The fourth-order valence-electron chi connectivity index (χ4n) is 4.36. The van der Waals surface area contributed by atoms with Gasteiger partial charge in [0.25, 0.3) is 0 Å². The third-order valence-corrected chi connectivity index (χ3v) is 5.39. The lowest BCUT2D eigenvalue weighted by molar-refractivity contribution is 0.263. The highest BCUT2D eigenvalue weighted by molar-refractivity contribution is 5.85. The number of hydrogen-bond donors (Lipinski definition) is 1. The Balaban J connectivity index is 0.00000144. The third kappa shape index (κ3) is 2.61. The Labute approximate surface area is 137 Å².